The molecule has 1 aromatic heterocycles. The molecule has 0 bridgehead atoms. The van der Waals surface area contributed by atoms with Crippen LogP contribution in [0.3, 0.4) is 0 Å². The van der Waals surface area contributed by atoms with E-state index < -0.39 is 26.3 Å². The second-order valence-corrected chi connectivity index (χ2v) is 12.6. The summed E-state index contributed by atoms with van der Waals surface area (Å²) in [7, 11) is -4.48. The predicted molar refractivity (Wildman–Crippen MR) is 144 cm³/mol. The van der Waals surface area contributed by atoms with Gasteiger partial charge in [-0.15, -0.1) is 0 Å². The lowest BCUT2D eigenvalue weighted by Crippen LogP contribution is -2.39. The van der Waals surface area contributed by atoms with Crippen molar-refractivity contribution in [3.05, 3.63) is 70.8 Å². The normalized spacial score (nSPS) is 13.8. The van der Waals surface area contributed by atoms with E-state index in [2.05, 4.69) is 46.5 Å². The maximum atomic E-state index is 12.5. The molecule has 0 amide bonds. The molecule has 182 valence electrons. The van der Waals surface area contributed by atoms with E-state index >= 15 is 0 Å². The van der Waals surface area contributed by atoms with Gasteiger partial charge in [-0.25, -0.2) is 13.4 Å². The van der Waals surface area contributed by atoms with Crippen molar-refractivity contribution in [2.24, 2.45) is 0 Å². The zero-order valence-electron chi connectivity index (χ0n) is 19.1. The summed E-state index contributed by atoms with van der Waals surface area (Å²) in [6.45, 7) is 5.31. The smallest absolute Gasteiger partial charge is 0.229 e. The molecule has 1 heterocycles. The Morgan fingerprint density at radius 2 is 1.79 bits per heavy atom. The minimum absolute atomic E-state index is 0.101. The summed E-state index contributed by atoms with van der Waals surface area (Å²) in [6.07, 6.45) is 1.62. The van der Waals surface area contributed by atoms with Crippen LogP contribution in [0.1, 0.15) is 26.3 Å². The number of anilines is 3. The van der Waals surface area contributed by atoms with Crippen molar-refractivity contribution in [1.29, 1.82) is 0 Å². The van der Waals surface area contributed by atoms with Crippen molar-refractivity contribution in [1.82, 2.24) is 14.1 Å². The lowest BCUT2D eigenvalue weighted by Gasteiger charge is -2.27. The second-order valence-electron chi connectivity index (χ2n) is 8.28. The van der Waals surface area contributed by atoms with Crippen LogP contribution in [0, 0.1) is 0 Å². The van der Waals surface area contributed by atoms with Crippen LogP contribution in [-0.4, -0.2) is 41.0 Å². The van der Waals surface area contributed by atoms with Gasteiger partial charge in [0.2, 0.25) is 16.0 Å². The Hall–Kier alpha value is -2.31. The Bertz CT molecular complexity index is 1250. The van der Waals surface area contributed by atoms with Gasteiger partial charge in [-0.1, -0.05) is 46.9 Å². The SMILES string of the molecule is C=S(NS(=O)(=O)Cc1ccccc1)c1ccc(Nc2ncc(Br)c(N[C@H](C)C(C)(C)O)n2)cc1. The number of hydrogen-bond acceptors (Lipinski definition) is 7. The first-order valence-electron chi connectivity index (χ1n) is 10.4. The summed E-state index contributed by atoms with van der Waals surface area (Å²) in [5, 5.41) is 16.5. The van der Waals surface area contributed by atoms with Gasteiger partial charge in [0.1, 0.15) is 5.82 Å². The molecule has 1 unspecified atom stereocenters. The molecule has 0 aliphatic carbocycles. The monoisotopic (exact) mass is 565 g/mol. The predicted octanol–water partition coefficient (Wildman–Crippen LogP) is 4.65. The van der Waals surface area contributed by atoms with Crippen molar-refractivity contribution in [3.63, 3.8) is 0 Å². The van der Waals surface area contributed by atoms with Gasteiger partial charge >= 0.3 is 0 Å². The number of rotatable bonds is 10. The highest BCUT2D eigenvalue weighted by molar-refractivity contribution is 9.10. The van der Waals surface area contributed by atoms with E-state index in [0.717, 1.165) is 10.6 Å². The quantitative estimate of drug-likeness (QED) is 0.264. The molecular weight excluding hydrogens is 538 g/mol. The number of nitrogens with one attached hydrogen (secondary N) is 3. The number of hydrogen-bond donors (Lipinski definition) is 4. The van der Waals surface area contributed by atoms with Crippen LogP contribution in [0.4, 0.5) is 17.5 Å². The van der Waals surface area contributed by atoms with Crippen molar-refractivity contribution in [3.8, 4) is 0 Å². The lowest BCUT2D eigenvalue weighted by molar-refractivity contribution is 0.0647. The maximum absolute atomic E-state index is 12.5. The summed E-state index contributed by atoms with van der Waals surface area (Å²) in [4.78, 5) is 9.50. The molecule has 3 aromatic rings. The summed E-state index contributed by atoms with van der Waals surface area (Å²) in [5.74, 6) is 4.80. The van der Waals surface area contributed by atoms with Crippen LogP contribution in [0.2, 0.25) is 0 Å². The highest BCUT2D eigenvalue weighted by Crippen LogP contribution is 2.27. The van der Waals surface area contributed by atoms with E-state index in [-0.39, 0.29) is 11.8 Å². The molecule has 0 aliphatic heterocycles. The Labute approximate surface area is 211 Å². The number of aromatic nitrogens is 2. The standard InChI is InChI=1S/C23H28BrN5O3S2/c1-16(23(2,3)30)26-21-20(24)14-25-22(28-21)27-18-10-12-19(13-11-18)33(4)29-34(31,32)15-17-8-6-5-7-9-17/h5-14,16,29-30H,4,15H2,1-3H3,(H2,25,26,27,28)/t16-,33?/m1/s1. The topological polar surface area (TPSA) is 116 Å². The number of aliphatic hydroxyl groups is 1. The van der Waals surface area contributed by atoms with E-state index in [9.17, 15) is 13.5 Å². The molecule has 4 N–H and O–H groups in total. The Morgan fingerprint density at radius 1 is 1.15 bits per heavy atom. The van der Waals surface area contributed by atoms with Gasteiger partial charge in [-0.05, 0) is 66.5 Å². The van der Waals surface area contributed by atoms with Gasteiger partial charge in [0.05, 0.1) is 21.9 Å². The summed E-state index contributed by atoms with van der Waals surface area (Å²) < 4.78 is 28.3. The number of halogens is 1. The number of nitrogens with zero attached hydrogens (tertiary/aromatic N) is 2. The molecule has 0 aliphatic rings. The maximum Gasteiger partial charge on any atom is 0.229 e. The average molecular weight is 567 g/mol. The molecule has 8 nitrogen and oxygen atoms in total. The van der Waals surface area contributed by atoms with Crippen LogP contribution >= 0.6 is 26.6 Å². The summed E-state index contributed by atoms with van der Waals surface area (Å²) in [6, 6.07) is 16.0. The highest BCUT2D eigenvalue weighted by Gasteiger charge is 2.23. The highest BCUT2D eigenvalue weighted by atomic mass is 79.9. The van der Waals surface area contributed by atoms with Gasteiger partial charge in [-0.2, -0.15) is 9.11 Å². The zero-order valence-corrected chi connectivity index (χ0v) is 22.3. The summed E-state index contributed by atoms with van der Waals surface area (Å²) in [5.41, 5.74) is 0.519. The Kier molecular flexibility index (Phi) is 8.47. The van der Waals surface area contributed by atoms with Crippen LogP contribution in [-0.2, 0) is 15.8 Å². The molecule has 2 atom stereocenters. The fourth-order valence-electron chi connectivity index (χ4n) is 2.77. The minimum Gasteiger partial charge on any atom is -0.388 e. The fourth-order valence-corrected chi connectivity index (χ4v) is 6.01. The molecule has 0 radical (unpaired) electrons. The van der Waals surface area contributed by atoms with E-state index in [1.165, 1.54) is 0 Å². The minimum atomic E-state index is -3.54. The van der Waals surface area contributed by atoms with Gasteiger partial charge < -0.3 is 15.7 Å². The third kappa shape index (κ3) is 7.60. The van der Waals surface area contributed by atoms with Gasteiger partial charge in [0.25, 0.3) is 0 Å². The fraction of sp³-hybridized carbons (Fsp3) is 0.261. The first kappa shape index (κ1) is 26.3. The zero-order chi connectivity index (χ0) is 24.9. The average Bonchev–Trinajstić information content (AvgIpc) is 2.76. The second kappa shape index (κ2) is 11.0. The van der Waals surface area contributed by atoms with E-state index in [1.807, 2.05) is 37.3 Å². The Morgan fingerprint density at radius 3 is 2.41 bits per heavy atom. The third-order valence-electron chi connectivity index (χ3n) is 4.98. The molecule has 0 spiro atoms. The molecule has 2 aromatic carbocycles. The molecule has 0 saturated carbocycles. The van der Waals surface area contributed by atoms with Gasteiger partial charge in [0, 0.05) is 16.8 Å². The van der Waals surface area contributed by atoms with Crippen LogP contribution in [0.5, 0.6) is 0 Å². The van der Waals surface area contributed by atoms with Gasteiger partial charge in [-0.3, -0.25) is 0 Å². The molecule has 3 rings (SSSR count). The molecular formula is C23H28BrN5O3S2. The van der Waals surface area contributed by atoms with Crippen molar-refractivity contribution < 1.29 is 13.5 Å². The number of sulfonamides is 1. The van der Waals surface area contributed by atoms with E-state index in [1.54, 1.807) is 44.3 Å². The Balaban J connectivity index is 1.65. The number of benzene rings is 2. The van der Waals surface area contributed by atoms with Crippen molar-refractivity contribution in [2.45, 2.75) is 43.1 Å². The van der Waals surface area contributed by atoms with E-state index in [4.69, 9.17) is 0 Å². The van der Waals surface area contributed by atoms with Crippen LogP contribution in [0.25, 0.3) is 0 Å². The first-order valence-corrected chi connectivity index (χ1v) is 14.2. The summed E-state index contributed by atoms with van der Waals surface area (Å²) >= 11 is 3.42. The van der Waals surface area contributed by atoms with E-state index in [0.29, 0.717) is 21.8 Å². The molecule has 11 heteroatoms. The van der Waals surface area contributed by atoms with Gasteiger partial charge in [0.15, 0.2) is 0 Å². The van der Waals surface area contributed by atoms with Crippen molar-refractivity contribution >= 4 is 59.9 Å². The third-order valence-corrected chi connectivity index (χ3v) is 8.93. The van der Waals surface area contributed by atoms with Crippen LogP contribution in [0.15, 0.2) is 70.2 Å². The molecule has 0 saturated heterocycles. The lowest BCUT2D eigenvalue weighted by atomic mass is 10.0. The van der Waals surface area contributed by atoms with Crippen LogP contribution < -0.4 is 14.8 Å². The molecule has 0 fully saturated rings. The van der Waals surface area contributed by atoms with Crippen molar-refractivity contribution in [2.75, 3.05) is 10.6 Å². The first-order chi connectivity index (χ1) is 15.9. The largest absolute Gasteiger partial charge is 0.388 e. The molecule has 34 heavy (non-hydrogen) atoms.